The lowest BCUT2D eigenvalue weighted by atomic mass is 10.3. The molecule has 0 aliphatic carbocycles. The van der Waals surface area contributed by atoms with Gasteiger partial charge in [-0.2, -0.15) is 0 Å². The molecule has 5 heteroatoms. The monoisotopic (exact) mass is 267 g/mol. The zero-order valence-corrected chi connectivity index (χ0v) is 13.3. The summed E-state index contributed by atoms with van der Waals surface area (Å²) in [6.07, 6.45) is 1.95. The van der Waals surface area contributed by atoms with E-state index in [0.717, 1.165) is 32.1 Å². The van der Waals surface area contributed by atoms with E-state index in [2.05, 4.69) is 47.6 Å². The molecule has 0 fully saturated rings. The lowest BCUT2D eigenvalue weighted by molar-refractivity contribution is 0.270. The van der Waals surface area contributed by atoms with Crippen LogP contribution in [0.25, 0.3) is 0 Å². The van der Waals surface area contributed by atoms with Gasteiger partial charge in [-0.3, -0.25) is 0 Å². The largest absolute Gasteiger partial charge is 0.348 e. The van der Waals surface area contributed by atoms with E-state index < -0.39 is 0 Å². The predicted octanol–water partition coefficient (Wildman–Crippen LogP) is 1.31. The van der Waals surface area contributed by atoms with Gasteiger partial charge in [0.15, 0.2) is 0 Å². The van der Waals surface area contributed by atoms with Gasteiger partial charge in [-0.1, -0.05) is 13.8 Å². The average molecular weight is 267 g/mol. The summed E-state index contributed by atoms with van der Waals surface area (Å²) in [5, 5.41) is 3.57. The van der Waals surface area contributed by atoms with Crippen LogP contribution in [0.1, 0.15) is 26.5 Å². The summed E-state index contributed by atoms with van der Waals surface area (Å²) < 4.78 is 2.14. The minimum atomic E-state index is 0.484. The van der Waals surface area contributed by atoms with Gasteiger partial charge in [-0.05, 0) is 20.0 Å². The summed E-state index contributed by atoms with van der Waals surface area (Å²) in [6.45, 7) is 10.8. The fourth-order valence-electron chi connectivity index (χ4n) is 2.23. The highest BCUT2D eigenvalue weighted by Crippen LogP contribution is 2.10. The van der Waals surface area contributed by atoms with Gasteiger partial charge < -0.3 is 19.7 Å². The molecule has 0 aliphatic rings. The molecule has 110 valence electrons. The standard InChI is InChI=1S/C14H29N5/c1-7-19(8-2)11-12(3)15-9-13-10-16-14(17(4)5)18(13)6/h10,12,15H,7-9,11H2,1-6H3. The summed E-state index contributed by atoms with van der Waals surface area (Å²) in [4.78, 5) is 8.89. The number of hydrogen-bond acceptors (Lipinski definition) is 4. The van der Waals surface area contributed by atoms with Crippen molar-refractivity contribution in [1.29, 1.82) is 0 Å². The van der Waals surface area contributed by atoms with Crippen molar-refractivity contribution in [2.45, 2.75) is 33.4 Å². The maximum atomic E-state index is 4.42. The van der Waals surface area contributed by atoms with Gasteiger partial charge in [0.25, 0.3) is 0 Å². The third kappa shape index (κ3) is 4.51. The smallest absolute Gasteiger partial charge is 0.204 e. The predicted molar refractivity (Wildman–Crippen MR) is 81.6 cm³/mol. The van der Waals surface area contributed by atoms with E-state index in [0.29, 0.717) is 6.04 Å². The van der Waals surface area contributed by atoms with Crippen LogP contribution in [0.15, 0.2) is 6.20 Å². The minimum absolute atomic E-state index is 0.484. The molecule has 1 aromatic heterocycles. The average Bonchev–Trinajstić information content (AvgIpc) is 2.75. The molecule has 1 aromatic rings. The normalized spacial score (nSPS) is 13.0. The number of imidazole rings is 1. The Balaban J connectivity index is 2.48. The Hall–Kier alpha value is -1.07. The first-order valence-electron chi connectivity index (χ1n) is 7.13. The van der Waals surface area contributed by atoms with Crippen molar-refractivity contribution in [3.63, 3.8) is 0 Å². The second-order valence-electron chi connectivity index (χ2n) is 5.27. The molecule has 1 N–H and O–H groups in total. The number of rotatable bonds is 8. The highest BCUT2D eigenvalue weighted by Gasteiger charge is 2.10. The van der Waals surface area contributed by atoms with Crippen LogP contribution in [-0.4, -0.2) is 54.2 Å². The van der Waals surface area contributed by atoms with Gasteiger partial charge in [-0.15, -0.1) is 0 Å². The third-order valence-corrected chi connectivity index (χ3v) is 3.52. The number of aromatic nitrogens is 2. The number of nitrogens with zero attached hydrogens (tertiary/aromatic N) is 4. The molecule has 0 bridgehead atoms. The Labute approximate surface area is 117 Å². The molecule has 1 heterocycles. The number of nitrogens with one attached hydrogen (secondary N) is 1. The fraction of sp³-hybridized carbons (Fsp3) is 0.786. The SMILES string of the molecule is CCN(CC)CC(C)NCc1cnc(N(C)C)n1C. The quantitative estimate of drug-likeness (QED) is 0.770. The van der Waals surface area contributed by atoms with Crippen molar-refractivity contribution in [3.05, 3.63) is 11.9 Å². The molecular formula is C14H29N5. The van der Waals surface area contributed by atoms with Crippen molar-refractivity contribution in [3.8, 4) is 0 Å². The van der Waals surface area contributed by atoms with E-state index in [4.69, 9.17) is 0 Å². The van der Waals surface area contributed by atoms with Crippen LogP contribution in [0.5, 0.6) is 0 Å². The first-order chi connectivity index (χ1) is 8.99. The lowest BCUT2D eigenvalue weighted by Crippen LogP contribution is -2.39. The highest BCUT2D eigenvalue weighted by molar-refractivity contribution is 5.30. The Morgan fingerprint density at radius 2 is 1.95 bits per heavy atom. The van der Waals surface area contributed by atoms with E-state index in [9.17, 15) is 0 Å². The van der Waals surface area contributed by atoms with Crippen LogP contribution in [-0.2, 0) is 13.6 Å². The number of likely N-dealkylation sites (N-methyl/N-ethyl adjacent to an activating group) is 1. The van der Waals surface area contributed by atoms with Crippen LogP contribution >= 0.6 is 0 Å². The first-order valence-corrected chi connectivity index (χ1v) is 7.13. The summed E-state index contributed by atoms with van der Waals surface area (Å²) in [6, 6.07) is 0.484. The Kier molecular flexibility index (Phi) is 6.31. The van der Waals surface area contributed by atoms with E-state index in [-0.39, 0.29) is 0 Å². The van der Waals surface area contributed by atoms with Gasteiger partial charge >= 0.3 is 0 Å². The van der Waals surface area contributed by atoms with Crippen LogP contribution in [0, 0.1) is 0 Å². The molecule has 19 heavy (non-hydrogen) atoms. The highest BCUT2D eigenvalue weighted by atomic mass is 15.3. The molecule has 0 spiro atoms. The van der Waals surface area contributed by atoms with E-state index in [1.54, 1.807) is 0 Å². The van der Waals surface area contributed by atoms with E-state index in [1.807, 2.05) is 25.2 Å². The summed E-state index contributed by atoms with van der Waals surface area (Å²) in [5.41, 5.74) is 1.22. The second-order valence-corrected chi connectivity index (χ2v) is 5.27. The third-order valence-electron chi connectivity index (χ3n) is 3.52. The molecule has 0 saturated carbocycles. The molecule has 1 atom stereocenters. The zero-order valence-electron chi connectivity index (χ0n) is 13.3. The number of hydrogen-bond donors (Lipinski definition) is 1. The summed E-state index contributed by atoms with van der Waals surface area (Å²) in [7, 11) is 6.10. The molecule has 0 saturated heterocycles. The van der Waals surface area contributed by atoms with Crippen molar-refractivity contribution < 1.29 is 0 Å². The number of anilines is 1. The van der Waals surface area contributed by atoms with Crippen LogP contribution in [0.4, 0.5) is 5.95 Å². The zero-order chi connectivity index (χ0) is 14.4. The molecule has 5 nitrogen and oxygen atoms in total. The van der Waals surface area contributed by atoms with Crippen molar-refractivity contribution in [2.24, 2.45) is 7.05 Å². The minimum Gasteiger partial charge on any atom is -0.348 e. The van der Waals surface area contributed by atoms with Gasteiger partial charge in [0.2, 0.25) is 5.95 Å². The maximum Gasteiger partial charge on any atom is 0.204 e. The van der Waals surface area contributed by atoms with Gasteiger partial charge in [0, 0.05) is 40.3 Å². The topological polar surface area (TPSA) is 36.3 Å². The second kappa shape index (κ2) is 7.50. The van der Waals surface area contributed by atoms with Crippen molar-refractivity contribution in [2.75, 3.05) is 38.6 Å². The molecular weight excluding hydrogens is 238 g/mol. The molecule has 1 unspecified atom stereocenters. The molecule has 0 radical (unpaired) electrons. The first kappa shape index (κ1) is 16.0. The van der Waals surface area contributed by atoms with E-state index in [1.165, 1.54) is 5.69 Å². The summed E-state index contributed by atoms with van der Waals surface area (Å²) in [5.74, 6) is 0.994. The summed E-state index contributed by atoms with van der Waals surface area (Å²) >= 11 is 0. The van der Waals surface area contributed by atoms with Crippen molar-refractivity contribution in [1.82, 2.24) is 19.8 Å². The Bertz CT molecular complexity index is 368. The lowest BCUT2D eigenvalue weighted by Gasteiger charge is -2.23. The molecule has 0 aliphatic heterocycles. The fourth-order valence-corrected chi connectivity index (χ4v) is 2.23. The van der Waals surface area contributed by atoms with E-state index >= 15 is 0 Å². The van der Waals surface area contributed by atoms with Gasteiger partial charge in [-0.25, -0.2) is 4.98 Å². The van der Waals surface area contributed by atoms with Crippen LogP contribution in [0.3, 0.4) is 0 Å². The molecule has 1 rings (SSSR count). The van der Waals surface area contributed by atoms with Gasteiger partial charge in [0.1, 0.15) is 0 Å². The van der Waals surface area contributed by atoms with Crippen LogP contribution < -0.4 is 10.2 Å². The molecule has 0 amide bonds. The molecule has 0 aromatic carbocycles. The van der Waals surface area contributed by atoms with Crippen molar-refractivity contribution >= 4 is 5.95 Å². The Morgan fingerprint density at radius 1 is 1.32 bits per heavy atom. The van der Waals surface area contributed by atoms with Gasteiger partial charge in [0.05, 0.1) is 11.9 Å². The maximum absolute atomic E-state index is 4.42. The Morgan fingerprint density at radius 3 is 2.42 bits per heavy atom. The van der Waals surface area contributed by atoms with Crippen LogP contribution in [0.2, 0.25) is 0 Å².